The van der Waals surface area contributed by atoms with Gasteiger partial charge in [0.15, 0.2) is 0 Å². The summed E-state index contributed by atoms with van der Waals surface area (Å²) in [6, 6.07) is 17.6. The number of benzene rings is 2. The molecule has 0 radical (unpaired) electrons. The number of aliphatic carboxylic acids is 1. The van der Waals surface area contributed by atoms with Gasteiger partial charge in [0, 0.05) is 23.5 Å². The number of hydrogen-bond donors (Lipinski definition) is 2. The van der Waals surface area contributed by atoms with Crippen LogP contribution in [0, 0.1) is 0 Å². The largest absolute Gasteiger partial charge is 0.481 e. The lowest BCUT2D eigenvalue weighted by atomic mass is 9.81. The fourth-order valence-corrected chi connectivity index (χ4v) is 4.22. The summed E-state index contributed by atoms with van der Waals surface area (Å²) in [6.07, 6.45) is -1.98. The van der Waals surface area contributed by atoms with Gasteiger partial charge in [-0.05, 0) is 41.0 Å². The third-order valence-electron chi connectivity index (χ3n) is 6.17. The van der Waals surface area contributed by atoms with Crippen LogP contribution in [0.2, 0.25) is 0 Å². The van der Waals surface area contributed by atoms with E-state index in [0.29, 0.717) is 5.69 Å². The van der Waals surface area contributed by atoms with Crippen molar-refractivity contribution in [1.29, 1.82) is 0 Å². The highest BCUT2D eigenvalue weighted by Gasteiger charge is 2.29. The van der Waals surface area contributed by atoms with Crippen LogP contribution in [0.5, 0.6) is 0 Å². The Hall–Kier alpha value is -4.47. The molecule has 38 heavy (non-hydrogen) atoms. The number of halogens is 3. The minimum atomic E-state index is -4.63. The molecule has 4 rings (SSSR count). The molecule has 0 aliphatic heterocycles. The van der Waals surface area contributed by atoms with Crippen molar-refractivity contribution in [3.63, 3.8) is 0 Å². The standard InChI is InChI=1S/C28H24F3N3O4/c1-27(2,14-23(35)36)19-10-8-17(9-11-19)18-5-3-6-20(13-18)34-15-22(26(38)33-16-28(29,30)31)24(37)21-7-4-12-32-25(21)34/h3-13,15H,14,16H2,1-2H3,(H,33,38)(H,35,36). The van der Waals surface area contributed by atoms with E-state index in [-0.39, 0.29) is 17.5 Å². The number of nitrogens with one attached hydrogen (secondary N) is 1. The van der Waals surface area contributed by atoms with Crippen molar-refractivity contribution in [3.8, 4) is 16.8 Å². The molecule has 10 heteroatoms. The maximum absolute atomic E-state index is 12.9. The van der Waals surface area contributed by atoms with E-state index in [1.54, 1.807) is 23.5 Å². The van der Waals surface area contributed by atoms with Gasteiger partial charge < -0.3 is 15.0 Å². The van der Waals surface area contributed by atoms with Crippen molar-refractivity contribution in [1.82, 2.24) is 14.9 Å². The summed E-state index contributed by atoms with van der Waals surface area (Å²) in [6.45, 7) is 2.15. The highest BCUT2D eigenvalue weighted by atomic mass is 19.4. The molecular formula is C28H24F3N3O4. The van der Waals surface area contributed by atoms with Gasteiger partial charge in [0.25, 0.3) is 5.91 Å². The number of pyridine rings is 2. The maximum atomic E-state index is 12.9. The molecule has 0 saturated carbocycles. The van der Waals surface area contributed by atoms with E-state index in [2.05, 4.69) is 4.98 Å². The number of rotatable bonds is 7. The summed E-state index contributed by atoms with van der Waals surface area (Å²) in [7, 11) is 0. The molecule has 4 aromatic rings. The molecule has 0 atom stereocenters. The van der Waals surface area contributed by atoms with E-state index in [9.17, 15) is 32.7 Å². The fourth-order valence-electron chi connectivity index (χ4n) is 4.22. The Balaban J connectivity index is 1.76. The summed E-state index contributed by atoms with van der Waals surface area (Å²) < 4.78 is 39.4. The van der Waals surface area contributed by atoms with E-state index in [0.717, 1.165) is 16.7 Å². The normalized spacial score (nSPS) is 11.9. The predicted octanol–water partition coefficient (Wildman–Crippen LogP) is 5.10. The predicted molar refractivity (Wildman–Crippen MR) is 136 cm³/mol. The second kappa shape index (κ2) is 10.1. The number of aromatic nitrogens is 2. The minimum Gasteiger partial charge on any atom is -0.481 e. The van der Waals surface area contributed by atoms with Crippen molar-refractivity contribution >= 4 is 22.9 Å². The lowest BCUT2D eigenvalue weighted by Gasteiger charge is -2.23. The van der Waals surface area contributed by atoms with Crippen molar-refractivity contribution in [2.24, 2.45) is 0 Å². The van der Waals surface area contributed by atoms with Gasteiger partial charge in [-0.2, -0.15) is 13.2 Å². The molecule has 0 aliphatic rings. The fraction of sp³-hybridized carbons (Fsp3) is 0.214. The molecule has 1 amide bonds. The van der Waals surface area contributed by atoms with Crippen LogP contribution in [0.25, 0.3) is 27.8 Å². The van der Waals surface area contributed by atoms with Gasteiger partial charge in [0.2, 0.25) is 5.43 Å². The molecular weight excluding hydrogens is 499 g/mol. The lowest BCUT2D eigenvalue weighted by molar-refractivity contribution is -0.138. The Morgan fingerprint density at radius 2 is 1.71 bits per heavy atom. The van der Waals surface area contributed by atoms with Gasteiger partial charge >= 0.3 is 12.1 Å². The topological polar surface area (TPSA) is 101 Å². The SMILES string of the molecule is CC(C)(CC(=O)O)c1ccc(-c2cccc(-n3cc(C(=O)NCC(F)(F)F)c(=O)c4cccnc43)c2)cc1. The van der Waals surface area contributed by atoms with E-state index in [4.69, 9.17) is 0 Å². The number of carboxylic acids is 1. The number of nitrogens with zero attached hydrogens (tertiary/aromatic N) is 2. The molecule has 2 aromatic heterocycles. The summed E-state index contributed by atoms with van der Waals surface area (Å²) in [5, 5.41) is 11.0. The molecule has 0 fully saturated rings. The lowest BCUT2D eigenvalue weighted by Crippen LogP contribution is -2.36. The van der Waals surface area contributed by atoms with Crippen molar-refractivity contribution in [2.75, 3.05) is 6.54 Å². The second-order valence-electron chi connectivity index (χ2n) is 9.50. The highest BCUT2D eigenvalue weighted by Crippen LogP contribution is 2.30. The Morgan fingerprint density at radius 1 is 1.00 bits per heavy atom. The van der Waals surface area contributed by atoms with Gasteiger partial charge in [-0.3, -0.25) is 14.4 Å². The molecule has 0 bridgehead atoms. The van der Waals surface area contributed by atoms with E-state index < -0.39 is 41.0 Å². The number of carbonyl (C=O) groups is 2. The van der Waals surface area contributed by atoms with Crippen LogP contribution in [-0.4, -0.2) is 39.3 Å². The molecule has 2 heterocycles. The smallest absolute Gasteiger partial charge is 0.405 e. The van der Waals surface area contributed by atoms with E-state index in [1.165, 1.54) is 29.1 Å². The van der Waals surface area contributed by atoms with E-state index >= 15 is 0 Å². The first-order valence-corrected chi connectivity index (χ1v) is 11.6. The Labute approximate surface area is 215 Å². The molecule has 0 unspecified atom stereocenters. The number of hydrogen-bond acceptors (Lipinski definition) is 4. The van der Waals surface area contributed by atoms with Crippen molar-refractivity contribution < 1.29 is 27.9 Å². The molecule has 0 spiro atoms. The molecule has 0 aliphatic carbocycles. The monoisotopic (exact) mass is 523 g/mol. The van der Waals surface area contributed by atoms with Gasteiger partial charge in [0.05, 0.1) is 11.8 Å². The van der Waals surface area contributed by atoms with Crippen LogP contribution in [0.4, 0.5) is 13.2 Å². The van der Waals surface area contributed by atoms with Gasteiger partial charge in [-0.1, -0.05) is 50.2 Å². The Morgan fingerprint density at radius 3 is 2.37 bits per heavy atom. The van der Waals surface area contributed by atoms with Crippen LogP contribution >= 0.6 is 0 Å². The summed E-state index contributed by atoms with van der Waals surface area (Å²) >= 11 is 0. The molecule has 2 aromatic carbocycles. The zero-order chi connectivity index (χ0) is 27.7. The average Bonchev–Trinajstić information content (AvgIpc) is 2.87. The Bertz CT molecular complexity index is 1580. The minimum absolute atomic E-state index is 0.0207. The second-order valence-corrected chi connectivity index (χ2v) is 9.50. The van der Waals surface area contributed by atoms with Gasteiger partial charge in [-0.25, -0.2) is 4.98 Å². The van der Waals surface area contributed by atoms with Gasteiger partial charge in [-0.15, -0.1) is 0 Å². The summed E-state index contributed by atoms with van der Waals surface area (Å²) in [4.78, 5) is 40.9. The average molecular weight is 524 g/mol. The number of carbonyl (C=O) groups excluding carboxylic acids is 1. The van der Waals surface area contributed by atoms with Crippen LogP contribution < -0.4 is 10.7 Å². The first-order chi connectivity index (χ1) is 17.9. The maximum Gasteiger partial charge on any atom is 0.405 e. The third-order valence-corrected chi connectivity index (χ3v) is 6.17. The first kappa shape index (κ1) is 26.6. The van der Waals surface area contributed by atoms with Crippen LogP contribution in [0.15, 0.2) is 77.9 Å². The summed E-state index contributed by atoms with van der Waals surface area (Å²) in [5.41, 5.74) is 1.55. The number of amides is 1. The van der Waals surface area contributed by atoms with E-state index in [1.807, 2.05) is 44.2 Å². The first-order valence-electron chi connectivity index (χ1n) is 11.6. The zero-order valence-corrected chi connectivity index (χ0v) is 20.5. The van der Waals surface area contributed by atoms with Gasteiger partial charge in [0.1, 0.15) is 17.8 Å². The summed E-state index contributed by atoms with van der Waals surface area (Å²) in [5.74, 6) is -2.03. The molecule has 7 nitrogen and oxygen atoms in total. The Kier molecular flexibility index (Phi) is 7.08. The van der Waals surface area contributed by atoms with Crippen LogP contribution in [0.1, 0.15) is 36.2 Å². The zero-order valence-electron chi connectivity index (χ0n) is 20.5. The highest BCUT2D eigenvalue weighted by molar-refractivity contribution is 5.97. The van der Waals surface area contributed by atoms with Crippen molar-refractivity contribution in [2.45, 2.75) is 31.9 Å². The number of alkyl halides is 3. The molecule has 2 N–H and O–H groups in total. The van der Waals surface area contributed by atoms with Crippen molar-refractivity contribution in [3.05, 3.63) is 94.4 Å². The van der Waals surface area contributed by atoms with Crippen LogP contribution in [0.3, 0.4) is 0 Å². The molecule has 196 valence electrons. The number of carboxylic acid groups (broad SMARTS) is 1. The third kappa shape index (κ3) is 5.74. The van der Waals surface area contributed by atoms with Crippen LogP contribution in [-0.2, 0) is 10.2 Å². The number of fused-ring (bicyclic) bond motifs is 1. The quantitative estimate of drug-likeness (QED) is 0.351. The molecule has 0 saturated heterocycles.